The summed E-state index contributed by atoms with van der Waals surface area (Å²) in [5, 5.41) is 12.6. The zero-order valence-electron chi connectivity index (χ0n) is 11.3. The van der Waals surface area contributed by atoms with Crippen molar-refractivity contribution in [1.82, 2.24) is 10.1 Å². The van der Waals surface area contributed by atoms with Crippen LogP contribution in [0.2, 0.25) is 0 Å². The Hall–Kier alpha value is -1.41. The Bertz CT molecular complexity index is 378. The van der Waals surface area contributed by atoms with Crippen LogP contribution in [0.15, 0.2) is 4.52 Å². The van der Waals surface area contributed by atoms with Gasteiger partial charge in [-0.1, -0.05) is 25.4 Å². The molecule has 0 saturated carbocycles. The summed E-state index contributed by atoms with van der Waals surface area (Å²) in [7, 11) is 0. The van der Waals surface area contributed by atoms with Crippen molar-refractivity contribution in [2.75, 3.05) is 6.61 Å². The molecule has 2 atom stereocenters. The summed E-state index contributed by atoms with van der Waals surface area (Å²) in [6.07, 6.45) is 2.97. The van der Waals surface area contributed by atoms with Crippen LogP contribution in [-0.4, -0.2) is 16.7 Å². The summed E-state index contributed by atoms with van der Waals surface area (Å²) in [6, 6.07) is 2.14. The molecule has 5 heteroatoms. The molecule has 100 valence electrons. The van der Waals surface area contributed by atoms with Crippen molar-refractivity contribution in [3.05, 3.63) is 11.7 Å². The first kappa shape index (κ1) is 14.7. The predicted molar refractivity (Wildman–Crippen MR) is 66.7 cm³/mol. The van der Waals surface area contributed by atoms with Crippen molar-refractivity contribution in [2.24, 2.45) is 5.92 Å². The fraction of sp³-hybridized carbons (Fsp3) is 0.769. The highest BCUT2D eigenvalue weighted by Gasteiger charge is 2.18. The zero-order valence-corrected chi connectivity index (χ0v) is 11.3. The van der Waals surface area contributed by atoms with Crippen molar-refractivity contribution in [3.8, 4) is 6.07 Å². The molecule has 0 bridgehead atoms. The maximum absolute atomic E-state index is 8.61. The molecule has 0 amide bonds. The second-order valence-electron chi connectivity index (χ2n) is 4.45. The normalized spacial score (nSPS) is 14.1. The molecular weight excluding hydrogens is 230 g/mol. The first-order valence-corrected chi connectivity index (χ1v) is 6.52. The van der Waals surface area contributed by atoms with E-state index in [1.54, 1.807) is 0 Å². The predicted octanol–water partition coefficient (Wildman–Crippen LogP) is 3.04. The lowest BCUT2D eigenvalue weighted by Gasteiger charge is -2.11. The van der Waals surface area contributed by atoms with E-state index in [9.17, 15) is 0 Å². The molecule has 1 aromatic rings. The van der Waals surface area contributed by atoms with Crippen molar-refractivity contribution in [3.63, 3.8) is 0 Å². The summed E-state index contributed by atoms with van der Waals surface area (Å²) in [5.74, 6) is 1.45. The van der Waals surface area contributed by atoms with Gasteiger partial charge in [0.05, 0.1) is 6.07 Å². The molecule has 1 aromatic heterocycles. The molecular formula is C13H21N3O2. The number of aromatic nitrogens is 2. The first-order chi connectivity index (χ1) is 8.71. The van der Waals surface area contributed by atoms with Crippen molar-refractivity contribution in [1.29, 1.82) is 5.26 Å². The molecule has 1 rings (SSSR count). The number of hydrogen-bond acceptors (Lipinski definition) is 5. The molecule has 1 heterocycles. The van der Waals surface area contributed by atoms with E-state index in [1.165, 1.54) is 0 Å². The van der Waals surface area contributed by atoms with E-state index < -0.39 is 0 Å². The summed E-state index contributed by atoms with van der Waals surface area (Å²) >= 11 is 0. The number of rotatable bonds is 8. The second-order valence-corrected chi connectivity index (χ2v) is 4.45. The van der Waals surface area contributed by atoms with Gasteiger partial charge in [0.2, 0.25) is 11.7 Å². The van der Waals surface area contributed by atoms with Gasteiger partial charge in [-0.05, 0) is 19.3 Å². The minimum atomic E-state index is -0.0798. The molecule has 0 aliphatic carbocycles. The zero-order chi connectivity index (χ0) is 13.4. The quantitative estimate of drug-likeness (QED) is 0.710. The summed E-state index contributed by atoms with van der Waals surface area (Å²) in [6.45, 7) is 6.69. The molecule has 0 saturated heterocycles. The SMILES string of the molecule is CCCC(OCC)c1noc(CC(C)CC#N)n1. The minimum absolute atomic E-state index is 0.0798. The van der Waals surface area contributed by atoms with Gasteiger partial charge >= 0.3 is 0 Å². The van der Waals surface area contributed by atoms with E-state index >= 15 is 0 Å². The van der Waals surface area contributed by atoms with Gasteiger partial charge < -0.3 is 9.26 Å². The van der Waals surface area contributed by atoms with E-state index in [0.29, 0.717) is 31.2 Å². The Morgan fingerprint density at radius 2 is 2.22 bits per heavy atom. The summed E-state index contributed by atoms with van der Waals surface area (Å²) < 4.78 is 10.8. The Balaban J connectivity index is 2.63. The lowest BCUT2D eigenvalue weighted by molar-refractivity contribution is 0.0477. The number of nitrogens with zero attached hydrogens (tertiary/aromatic N) is 3. The van der Waals surface area contributed by atoms with Gasteiger partial charge in [-0.15, -0.1) is 0 Å². The maximum Gasteiger partial charge on any atom is 0.227 e. The topological polar surface area (TPSA) is 71.9 Å². The van der Waals surface area contributed by atoms with Gasteiger partial charge in [0.25, 0.3) is 0 Å². The largest absolute Gasteiger partial charge is 0.370 e. The molecule has 0 aliphatic rings. The molecule has 0 spiro atoms. The van der Waals surface area contributed by atoms with E-state index in [0.717, 1.165) is 12.8 Å². The average molecular weight is 251 g/mol. The van der Waals surface area contributed by atoms with Gasteiger partial charge in [0.15, 0.2) is 0 Å². The van der Waals surface area contributed by atoms with Crippen LogP contribution in [0.3, 0.4) is 0 Å². The number of ether oxygens (including phenoxy) is 1. The third kappa shape index (κ3) is 4.46. The van der Waals surface area contributed by atoms with Crippen LogP contribution in [0, 0.1) is 17.2 Å². The lowest BCUT2D eigenvalue weighted by atomic mass is 10.1. The van der Waals surface area contributed by atoms with Crippen LogP contribution in [0.25, 0.3) is 0 Å². The van der Waals surface area contributed by atoms with Crippen molar-refractivity contribution >= 4 is 0 Å². The summed E-state index contributed by atoms with van der Waals surface area (Å²) in [5.41, 5.74) is 0. The van der Waals surface area contributed by atoms with Crippen LogP contribution in [-0.2, 0) is 11.2 Å². The Morgan fingerprint density at radius 1 is 1.44 bits per heavy atom. The van der Waals surface area contributed by atoms with E-state index in [4.69, 9.17) is 14.5 Å². The van der Waals surface area contributed by atoms with Crippen LogP contribution in [0.1, 0.15) is 57.9 Å². The molecule has 0 fully saturated rings. The Kier molecular flexibility index (Phi) is 6.37. The minimum Gasteiger partial charge on any atom is -0.370 e. The fourth-order valence-electron chi connectivity index (χ4n) is 1.76. The van der Waals surface area contributed by atoms with Crippen molar-refractivity contribution in [2.45, 2.75) is 52.6 Å². The van der Waals surface area contributed by atoms with Crippen LogP contribution >= 0.6 is 0 Å². The lowest BCUT2D eigenvalue weighted by Crippen LogP contribution is -2.06. The summed E-state index contributed by atoms with van der Waals surface area (Å²) in [4.78, 5) is 4.36. The smallest absolute Gasteiger partial charge is 0.227 e. The van der Waals surface area contributed by atoms with Gasteiger partial charge in [-0.3, -0.25) is 0 Å². The number of nitriles is 1. The monoisotopic (exact) mass is 251 g/mol. The van der Waals surface area contributed by atoms with Crippen LogP contribution in [0.4, 0.5) is 0 Å². The maximum atomic E-state index is 8.61. The highest BCUT2D eigenvalue weighted by molar-refractivity contribution is 4.93. The standard InChI is InChI=1S/C13H21N3O2/c1-4-6-11(17-5-2)13-15-12(18-16-13)9-10(3)7-8-14/h10-11H,4-7,9H2,1-3H3. The van der Waals surface area contributed by atoms with Gasteiger partial charge in [0.1, 0.15) is 6.10 Å². The van der Waals surface area contributed by atoms with E-state index in [1.807, 2.05) is 13.8 Å². The third-order valence-corrected chi connectivity index (χ3v) is 2.65. The van der Waals surface area contributed by atoms with Crippen LogP contribution < -0.4 is 0 Å². The van der Waals surface area contributed by atoms with Gasteiger partial charge in [-0.25, -0.2) is 0 Å². The molecule has 0 N–H and O–H groups in total. The Morgan fingerprint density at radius 3 is 2.83 bits per heavy atom. The highest BCUT2D eigenvalue weighted by Crippen LogP contribution is 2.20. The third-order valence-electron chi connectivity index (χ3n) is 2.65. The van der Waals surface area contributed by atoms with Gasteiger partial charge in [-0.2, -0.15) is 10.2 Å². The molecule has 0 aromatic carbocycles. The molecule has 2 unspecified atom stereocenters. The molecule has 5 nitrogen and oxygen atoms in total. The van der Waals surface area contributed by atoms with Gasteiger partial charge in [0, 0.05) is 19.4 Å². The first-order valence-electron chi connectivity index (χ1n) is 6.52. The Labute approximate surface area is 108 Å². The molecule has 0 aliphatic heterocycles. The van der Waals surface area contributed by atoms with E-state index in [-0.39, 0.29) is 12.0 Å². The molecule has 18 heavy (non-hydrogen) atoms. The molecule has 0 radical (unpaired) electrons. The second kappa shape index (κ2) is 7.83. The average Bonchev–Trinajstić information content (AvgIpc) is 2.77. The number of hydrogen-bond donors (Lipinski definition) is 0. The fourth-order valence-corrected chi connectivity index (χ4v) is 1.76. The highest BCUT2D eigenvalue weighted by atomic mass is 16.5. The van der Waals surface area contributed by atoms with Crippen LogP contribution in [0.5, 0.6) is 0 Å². The van der Waals surface area contributed by atoms with Crippen molar-refractivity contribution < 1.29 is 9.26 Å². The van der Waals surface area contributed by atoms with E-state index in [2.05, 4.69) is 23.1 Å².